The van der Waals surface area contributed by atoms with E-state index < -0.39 is 0 Å². The Morgan fingerprint density at radius 1 is 1.18 bits per heavy atom. The van der Waals surface area contributed by atoms with Crippen LogP contribution in [0.3, 0.4) is 0 Å². The molecule has 90 valence electrons. The van der Waals surface area contributed by atoms with E-state index in [4.69, 9.17) is 4.84 Å². The van der Waals surface area contributed by atoms with Crippen LogP contribution in [0.15, 0.2) is 36.7 Å². The minimum atomic E-state index is -0.183. The summed E-state index contributed by atoms with van der Waals surface area (Å²) in [5.74, 6) is 0. The second kappa shape index (κ2) is 4.82. The Hall–Kier alpha value is -1.45. The van der Waals surface area contributed by atoms with Crippen LogP contribution in [0.2, 0.25) is 0 Å². The third-order valence-corrected chi connectivity index (χ3v) is 2.39. The van der Waals surface area contributed by atoms with E-state index in [1.807, 2.05) is 45.3 Å². The Morgan fingerprint density at radius 3 is 2.71 bits per heavy atom. The molecule has 0 aliphatic carbocycles. The molecule has 3 nitrogen and oxygen atoms in total. The van der Waals surface area contributed by atoms with Gasteiger partial charge in [0.1, 0.15) is 0 Å². The van der Waals surface area contributed by atoms with E-state index in [-0.39, 0.29) is 5.60 Å². The van der Waals surface area contributed by atoms with Crippen LogP contribution in [0.25, 0.3) is 10.8 Å². The number of hydrogen-bond donors (Lipinski definition) is 1. The summed E-state index contributed by atoms with van der Waals surface area (Å²) in [5, 5.41) is 2.37. The van der Waals surface area contributed by atoms with E-state index in [0.717, 1.165) is 10.9 Å². The zero-order chi connectivity index (χ0) is 12.3. The molecule has 1 N–H and O–H groups in total. The maximum atomic E-state index is 5.50. The highest BCUT2D eigenvalue weighted by atomic mass is 16.7. The minimum Gasteiger partial charge on any atom is -0.296 e. The molecular weight excluding hydrogens is 212 g/mol. The fourth-order valence-electron chi connectivity index (χ4n) is 1.65. The van der Waals surface area contributed by atoms with E-state index in [9.17, 15) is 0 Å². The summed E-state index contributed by atoms with van der Waals surface area (Å²) in [6, 6.07) is 8.23. The number of nitrogens with one attached hydrogen (secondary N) is 1. The van der Waals surface area contributed by atoms with E-state index >= 15 is 0 Å². The average Bonchev–Trinajstić information content (AvgIpc) is 2.28. The maximum absolute atomic E-state index is 5.50. The number of pyridine rings is 1. The van der Waals surface area contributed by atoms with Gasteiger partial charge in [0.25, 0.3) is 0 Å². The van der Waals surface area contributed by atoms with Gasteiger partial charge in [-0.25, -0.2) is 0 Å². The fraction of sp³-hybridized carbons (Fsp3) is 0.357. The van der Waals surface area contributed by atoms with Crippen LogP contribution < -0.4 is 5.48 Å². The smallest absolute Gasteiger partial charge is 0.0813 e. The number of benzene rings is 1. The van der Waals surface area contributed by atoms with Crippen molar-refractivity contribution in [3.05, 3.63) is 42.2 Å². The molecule has 0 fully saturated rings. The lowest BCUT2D eigenvalue weighted by Gasteiger charge is -2.19. The van der Waals surface area contributed by atoms with Crippen LogP contribution >= 0.6 is 0 Å². The Balaban J connectivity index is 2.13. The standard InChI is InChI=1S/C14H18N2O/c1-14(2,3)17-16-10-12-9-15-8-11-6-4-5-7-13(11)12/h4-9,16H,10H2,1-3H3. The van der Waals surface area contributed by atoms with Crippen LogP contribution in [-0.4, -0.2) is 10.6 Å². The van der Waals surface area contributed by atoms with Crippen LogP contribution in [0.5, 0.6) is 0 Å². The summed E-state index contributed by atoms with van der Waals surface area (Å²) in [6.45, 7) is 6.70. The molecule has 0 atom stereocenters. The van der Waals surface area contributed by atoms with Crippen molar-refractivity contribution in [2.24, 2.45) is 0 Å². The molecule has 0 radical (unpaired) electrons. The summed E-state index contributed by atoms with van der Waals surface area (Å²) in [6.07, 6.45) is 3.75. The number of aromatic nitrogens is 1. The van der Waals surface area contributed by atoms with Gasteiger partial charge >= 0.3 is 0 Å². The van der Waals surface area contributed by atoms with Crippen LogP contribution in [0.4, 0.5) is 0 Å². The van der Waals surface area contributed by atoms with Crippen molar-refractivity contribution in [2.45, 2.75) is 32.9 Å². The summed E-state index contributed by atoms with van der Waals surface area (Å²) >= 11 is 0. The van der Waals surface area contributed by atoms with Crippen LogP contribution in [-0.2, 0) is 11.4 Å². The number of rotatable bonds is 3. The highest BCUT2D eigenvalue weighted by molar-refractivity contribution is 5.84. The van der Waals surface area contributed by atoms with E-state index in [1.165, 1.54) is 5.39 Å². The third-order valence-electron chi connectivity index (χ3n) is 2.39. The zero-order valence-electron chi connectivity index (χ0n) is 10.5. The van der Waals surface area contributed by atoms with Gasteiger partial charge in [0.05, 0.1) is 5.60 Å². The first kappa shape index (κ1) is 12.0. The Kier molecular flexibility index (Phi) is 3.41. The van der Waals surface area contributed by atoms with E-state index in [0.29, 0.717) is 6.54 Å². The largest absolute Gasteiger partial charge is 0.296 e. The lowest BCUT2D eigenvalue weighted by molar-refractivity contribution is -0.0756. The second-order valence-corrected chi connectivity index (χ2v) is 5.06. The molecule has 2 aromatic rings. The van der Waals surface area contributed by atoms with Gasteiger partial charge in [-0.2, -0.15) is 5.48 Å². The quantitative estimate of drug-likeness (QED) is 0.823. The van der Waals surface area contributed by atoms with Gasteiger partial charge in [-0.1, -0.05) is 24.3 Å². The predicted octanol–water partition coefficient (Wildman–Crippen LogP) is 3.05. The number of fused-ring (bicyclic) bond motifs is 1. The van der Waals surface area contributed by atoms with Gasteiger partial charge < -0.3 is 0 Å². The van der Waals surface area contributed by atoms with Crippen LogP contribution in [0, 0.1) is 0 Å². The van der Waals surface area contributed by atoms with Crippen molar-refractivity contribution in [1.82, 2.24) is 10.5 Å². The van der Waals surface area contributed by atoms with Gasteiger partial charge in [-0.05, 0) is 31.7 Å². The van der Waals surface area contributed by atoms with Gasteiger partial charge in [-0.15, -0.1) is 0 Å². The highest BCUT2D eigenvalue weighted by Gasteiger charge is 2.10. The lowest BCUT2D eigenvalue weighted by Crippen LogP contribution is -2.28. The molecule has 1 aromatic heterocycles. The summed E-state index contributed by atoms with van der Waals surface area (Å²) in [4.78, 5) is 9.74. The highest BCUT2D eigenvalue weighted by Crippen LogP contribution is 2.17. The number of hydrogen-bond acceptors (Lipinski definition) is 3. The van der Waals surface area contributed by atoms with Crippen molar-refractivity contribution in [3.8, 4) is 0 Å². The maximum Gasteiger partial charge on any atom is 0.0813 e. The molecule has 0 aliphatic rings. The molecule has 0 saturated carbocycles. The first-order valence-corrected chi connectivity index (χ1v) is 5.79. The van der Waals surface area contributed by atoms with Gasteiger partial charge in [-0.3, -0.25) is 9.82 Å². The third kappa shape index (κ3) is 3.25. The van der Waals surface area contributed by atoms with Crippen molar-refractivity contribution < 1.29 is 4.84 Å². The minimum absolute atomic E-state index is 0.183. The summed E-state index contributed by atoms with van der Waals surface area (Å²) < 4.78 is 0. The molecular formula is C14H18N2O. The monoisotopic (exact) mass is 230 g/mol. The lowest BCUT2D eigenvalue weighted by atomic mass is 10.1. The Labute approximate surface area is 102 Å². The van der Waals surface area contributed by atoms with Crippen molar-refractivity contribution in [3.63, 3.8) is 0 Å². The second-order valence-electron chi connectivity index (χ2n) is 5.06. The molecule has 1 heterocycles. The van der Waals surface area contributed by atoms with Crippen LogP contribution in [0.1, 0.15) is 26.3 Å². The van der Waals surface area contributed by atoms with Gasteiger partial charge in [0.15, 0.2) is 0 Å². The van der Waals surface area contributed by atoms with Crippen molar-refractivity contribution in [1.29, 1.82) is 0 Å². The average molecular weight is 230 g/mol. The number of hydroxylamine groups is 1. The first-order chi connectivity index (χ1) is 8.06. The first-order valence-electron chi connectivity index (χ1n) is 5.79. The molecule has 2 rings (SSSR count). The van der Waals surface area contributed by atoms with Gasteiger partial charge in [0, 0.05) is 24.3 Å². The fourth-order valence-corrected chi connectivity index (χ4v) is 1.65. The molecule has 1 aromatic carbocycles. The van der Waals surface area contributed by atoms with Crippen molar-refractivity contribution >= 4 is 10.8 Å². The molecule has 0 unspecified atom stereocenters. The van der Waals surface area contributed by atoms with Crippen molar-refractivity contribution in [2.75, 3.05) is 0 Å². The molecule has 0 spiro atoms. The topological polar surface area (TPSA) is 34.1 Å². The number of nitrogens with zero attached hydrogens (tertiary/aromatic N) is 1. The molecule has 3 heteroatoms. The molecule has 0 amide bonds. The molecule has 0 saturated heterocycles. The molecule has 17 heavy (non-hydrogen) atoms. The Bertz CT molecular complexity index is 498. The molecule has 0 aliphatic heterocycles. The van der Waals surface area contributed by atoms with E-state index in [1.54, 1.807) is 0 Å². The SMILES string of the molecule is CC(C)(C)ONCc1cncc2ccccc12. The van der Waals surface area contributed by atoms with E-state index in [2.05, 4.69) is 22.6 Å². The zero-order valence-corrected chi connectivity index (χ0v) is 10.5. The normalized spacial score (nSPS) is 11.9. The summed E-state index contributed by atoms with van der Waals surface area (Å²) in [7, 11) is 0. The van der Waals surface area contributed by atoms with Gasteiger partial charge in [0.2, 0.25) is 0 Å². The summed E-state index contributed by atoms with van der Waals surface area (Å²) in [5.41, 5.74) is 3.96. The Morgan fingerprint density at radius 2 is 1.94 bits per heavy atom. The molecule has 0 bridgehead atoms. The predicted molar refractivity (Wildman–Crippen MR) is 69.4 cm³/mol.